The van der Waals surface area contributed by atoms with Crippen molar-refractivity contribution in [1.82, 2.24) is 19.6 Å². The van der Waals surface area contributed by atoms with Crippen LogP contribution in [0.5, 0.6) is 0 Å². The summed E-state index contributed by atoms with van der Waals surface area (Å²) in [7, 11) is 0. The quantitative estimate of drug-likeness (QED) is 0.130. The molecule has 6 aromatic carbocycles. The second-order valence-corrected chi connectivity index (χ2v) is 13.5. The van der Waals surface area contributed by atoms with E-state index in [1.54, 1.807) is 60.7 Å². The Labute approximate surface area is 342 Å². The molecular formula is C45H31F6N7O3. The predicted octanol–water partition coefficient (Wildman–Crippen LogP) is 9.23. The zero-order valence-electron chi connectivity index (χ0n) is 31.4. The number of hydrogen-bond acceptors (Lipinski definition) is 5. The second-order valence-electron chi connectivity index (χ2n) is 13.5. The molecule has 3 amide bonds. The van der Waals surface area contributed by atoms with E-state index in [2.05, 4.69) is 10.2 Å². The molecule has 0 saturated heterocycles. The number of nitrogens with two attached hydrogens (primary N) is 3. The van der Waals surface area contributed by atoms with E-state index in [-0.39, 0.29) is 16.8 Å². The first-order chi connectivity index (χ1) is 29.0. The van der Waals surface area contributed by atoms with Crippen LogP contribution in [0.25, 0.3) is 55.8 Å². The molecule has 61 heavy (non-hydrogen) atoms. The van der Waals surface area contributed by atoms with Crippen molar-refractivity contribution in [2.75, 3.05) is 0 Å². The first kappa shape index (κ1) is 41.2. The summed E-state index contributed by atoms with van der Waals surface area (Å²) in [5, 5.41) is 9.25. The summed E-state index contributed by atoms with van der Waals surface area (Å²) in [4.78, 5) is 33.8. The maximum absolute atomic E-state index is 13.4. The first-order valence-corrected chi connectivity index (χ1v) is 18.1. The molecule has 0 radical (unpaired) electrons. The smallest absolute Gasteiger partial charge is 0.366 e. The fourth-order valence-corrected chi connectivity index (χ4v) is 6.47. The van der Waals surface area contributed by atoms with Gasteiger partial charge in [0.2, 0.25) is 17.7 Å². The van der Waals surface area contributed by atoms with Gasteiger partial charge in [0.15, 0.2) is 11.4 Å². The molecule has 0 aliphatic heterocycles. The summed E-state index contributed by atoms with van der Waals surface area (Å²) in [5.74, 6) is -1.79. The van der Waals surface area contributed by atoms with Crippen molar-refractivity contribution in [3.63, 3.8) is 0 Å². The minimum absolute atomic E-state index is 0.227. The third-order valence-corrected chi connectivity index (χ3v) is 9.54. The first-order valence-electron chi connectivity index (χ1n) is 18.1. The van der Waals surface area contributed by atoms with Crippen LogP contribution in [0, 0.1) is 0 Å². The molecule has 0 aliphatic rings. The van der Waals surface area contributed by atoms with Gasteiger partial charge in [-0.3, -0.25) is 14.4 Å². The van der Waals surface area contributed by atoms with E-state index in [0.29, 0.717) is 33.8 Å². The number of carbonyl (C=O) groups is 3. The number of halogens is 6. The Morgan fingerprint density at radius 1 is 0.443 bits per heavy atom. The largest absolute Gasteiger partial charge is 0.435 e. The topological polar surface area (TPSA) is 165 Å². The lowest BCUT2D eigenvalue weighted by molar-refractivity contribution is -0.142. The summed E-state index contributed by atoms with van der Waals surface area (Å²) < 4.78 is 82.6. The molecule has 8 aromatic rings. The van der Waals surface area contributed by atoms with Crippen LogP contribution in [0.2, 0.25) is 0 Å². The Kier molecular flexibility index (Phi) is 11.0. The number of fused-ring (bicyclic) bond motifs is 1. The van der Waals surface area contributed by atoms with Crippen LogP contribution in [0.4, 0.5) is 26.3 Å². The molecule has 306 valence electrons. The van der Waals surface area contributed by atoms with Crippen molar-refractivity contribution in [1.29, 1.82) is 0 Å². The van der Waals surface area contributed by atoms with Gasteiger partial charge in [-0.2, -0.15) is 36.5 Å². The highest BCUT2D eigenvalue weighted by atomic mass is 19.4. The summed E-state index contributed by atoms with van der Waals surface area (Å²) in [6.07, 6.45) is -9.22. The molecule has 0 atom stereocenters. The Balaban J connectivity index is 0.000000186. The van der Waals surface area contributed by atoms with Crippen LogP contribution in [0.1, 0.15) is 42.5 Å². The molecular weight excluding hydrogens is 801 g/mol. The zero-order chi connectivity index (χ0) is 43.6. The summed E-state index contributed by atoms with van der Waals surface area (Å²) in [6.45, 7) is 0. The average Bonchev–Trinajstić information content (AvgIpc) is 3.91. The average molecular weight is 832 g/mol. The molecule has 0 unspecified atom stereocenters. The van der Waals surface area contributed by atoms with E-state index in [9.17, 15) is 40.7 Å². The van der Waals surface area contributed by atoms with Crippen LogP contribution < -0.4 is 17.2 Å². The monoisotopic (exact) mass is 831 g/mol. The lowest BCUT2D eigenvalue weighted by Gasteiger charge is -2.10. The van der Waals surface area contributed by atoms with Crippen molar-refractivity contribution >= 4 is 28.5 Å². The Bertz CT molecular complexity index is 2900. The normalized spacial score (nSPS) is 11.5. The Hall–Kier alpha value is -8.01. The molecule has 2 heterocycles. The molecule has 10 nitrogen and oxygen atoms in total. The maximum atomic E-state index is 13.4. The van der Waals surface area contributed by atoms with Crippen molar-refractivity contribution in [3.8, 4) is 45.0 Å². The molecule has 2 aromatic heterocycles. The van der Waals surface area contributed by atoms with Gasteiger partial charge >= 0.3 is 12.4 Å². The highest BCUT2D eigenvalue weighted by Gasteiger charge is 2.36. The molecule has 6 N–H and O–H groups in total. The van der Waals surface area contributed by atoms with Gasteiger partial charge in [-0.25, -0.2) is 9.36 Å². The Morgan fingerprint density at radius 2 is 0.820 bits per heavy atom. The number of nitrogens with zero attached hydrogens (tertiary/aromatic N) is 4. The Morgan fingerprint density at radius 3 is 1.28 bits per heavy atom. The number of rotatable bonds is 8. The third-order valence-electron chi connectivity index (χ3n) is 9.54. The van der Waals surface area contributed by atoms with Gasteiger partial charge in [-0.05, 0) is 94.7 Å². The van der Waals surface area contributed by atoms with E-state index in [1.165, 1.54) is 57.9 Å². The molecule has 0 bridgehead atoms. The number of aromatic nitrogens is 4. The highest BCUT2D eigenvalue weighted by molar-refractivity contribution is 5.97. The van der Waals surface area contributed by atoms with Gasteiger partial charge in [-0.15, -0.1) is 0 Å². The van der Waals surface area contributed by atoms with Crippen LogP contribution >= 0.6 is 0 Å². The van der Waals surface area contributed by atoms with Crippen molar-refractivity contribution in [2.45, 2.75) is 12.4 Å². The number of carbonyl (C=O) groups excluding carboxylic acids is 3. The van der Waals surface area contributed by atoms with E-state index in [1.807, 2.05) is 30.3 Å². The molecule has 0 saturated carbocycles. The maximum Gasteiger partial charge on any atom is 0.435 e. The minimum atomic E-state index is -4.63. The fraction of sp³-hybridized carbons (Fsp3) is 0.0444. The third kappa shape index (κ3) is 8.88. The lowest BCUT2D eigenvalue weighted by Crippen LogP contribution is -2.11. The van der Waals surface area contributed by atoms with E-state index < -0.39 is 41.5 Å². The van der Waals surface area contributed by atoms with Gasteiger partial charge in [-0.1, -0.05) is 78.9 Å². The fourth-order valence-electron chi connectivity index (χ4n) is 6.47. The molecule has 8 rings (SSSR count). The number of hydrogen-bond donors (Lipinski definition) is 3. The highest BCUT2D eigenvalue weighted by Crippen LogP contribution is 2.37. The van der Waals surface area contributed by atoms with Gasteiger partial charge in [0.05, 0.1) is 22.8 Å². The van der Waals surface area contributed by atoms with Crippen LogP contribution in [-0.2, 0) is 12.4 Å². The standard InChI is InChI=1S/C24H17F3N4O2.C21H14F3N3O/c25-24(26,27)21-13-20(31(30-21)19-11-9-18(10-12-19)23(29)33)16-5-1-14(2-6-16)15-3-7-17(8-4-15)22(28)32;22-21(23,24)19-12-18(17-7-3-5-13-4-1-2-6-16(13)17)27(26-19)15-10-8-14(9-11-15)20(25)28/h1-13H,(H2,28,32)(H2,29,33);1-12H,(H2,25,28). The lowest BCUT2D eigenvalue weighted by atomic mass is 10.0. The van der Waals surface area contributed by atoms with Gasteiger partial charge in [0.25, 0.3) is 0 Å². The van der Waals surface area contributed by atoms with E-state index in [4.69, 9.17) is 17.2 Å². The number of primary amides is 3. The number of amides is 3. The van der Waals surface area contributed by atoms with Crippen LogP contribution in [-0.4, -0.2) is 37.3 Å². The van der Waals surface area contributed by atoms with Gasteiger partial charge in [0.1, 0.15) is 0 Å². The van der Waals surface area contributed by atoms with Gasteiger partial charge < -0.3 is 17.2 Å². The second kappa shape index (κ2) is 16.3. The summed E-state index contributed by atoms with van der Waals surface area (Å²) >= 11 is 0. The van der Waals surface area contributed by atoms with Crippen LogP contribution in [0.15, 0.2) is 152 Å². The zero-order valence-corrected chi connectivity index (χ0v) is 31.4. The molecule has 0 spiro atoms. The predicted molar refractivity (Wildman–Crippen MR) is 216 cm³/mol. The van der Waals surface area contributed by atoms with Crippen molar-refractivity contribution in [2.24, 2.45) is 17.2 Å². The molecule has 0 fully saturated rings. The summed E-state index contributed by atoms with van der Waals surface area (Å²) in [6, 6.07) is 40.2. The van der Waals surface area contributed by atoms with Crippen molar-refractivity contribution in [3.05, 3.63) is 180 Å². The van der Waals surface area contributed by atoms with Gasteiger partial charge in [0, 0.05) is 27.8 Å². The summed E-state index contributed by atoms with van der Waals surface area (Å²) in [5.41, 5.74) is 18.6. The number of benzene rings is 6. The van der Waals surface area contributed by atoms with Crippen LogP contribution in [0.3, 0.4) is 0 Å². The van der Waals surface area contributed by atoms with E-state index >= 15 is 0 Å². The molecule has 0 aliphatic carbocycles. The van der Waals surface area contributed by atoms with Crippen molar-refractivity contribution < 1.29 is 40.7 Å². The minimum Gasteiger partial charge on any atom is -0.366 e. The molecule has 16 heteroatoms. The van der Waals surface area contributed by atoms with E-state index in [0.717, 1.165) is 34.0 Å². The number of alkyl halides is 6. The SMILES string of the molecule is NC(=O)c1ccc(-c2ccc(-c3cc(C(F)(F)F)nn3-c3ccc(C(N)=O)cc3)cc2)cc1.NC(=O)c1ccc(-n2nc(C(F)(F)F)cc2-c2cccc3ccccc23)cc1.